The molecule has 0 aromatic heterocycles. The second-order valence-electron chi connectivity index (χ2n) is 10.2. The van der Waals surface area contributed by atoms with E-state index < -0.39 is 5.97 Å². The maximum Gasteiger partial charge on any atom is 0.335 e. The largest absolute Gasteiger partial charge is 0.478 e. The van der Waals surface area contributed by atoms with Gasteiger partial charge in [-0.2, -0.15) is 0 Å². The third-order valence-electron chi connectivity index (χ3n) is 6.92. The summed E-state index contributed by atoms with van der Waals surface area (Å²) in [5.74, 6) is -1.29. The SMILES string of the molecule is Cc1cc2c(c(NNc3ccccc3F)c1-c1ccc(C(=O)O)cc1)C(C)(C)CCC2(C)C. The number of para-hydroxylation sites is 1. The van der Waals surface area contributed by atoms with Crippen LogP contribution in [0.15, 0.2) is 54.6 Å². The van der Waals surface area contributed by atoms with Gasteiger partial charge in [-0.05, 0) is 77.1 Å². The molecule has 4 rings (SSSR count). The van der Waals surface area contributed by atoms with E-state index >= 15 is 0 Å². The van der Waals surface area contributed by atoms with Gasteiger partial charge in [0.05, 0.1) is 16.9 Å². The van der Waals surface area contributed by atoms with E-state index in [-0.39, 0.29) is 22.2 Å². The first-order valence-electron chi connectivity index (χ1n) is 11.3. The Morgan fingerprint density at radius 1 is 0.939 bits per heavy atom. The minimum absolute atomic E-state index is 0.00966. The first kappa shape index (κ1) is 22.8. The van der Waals surface area contributed by atoms with Crippen molar-refractivity contribution in [1.29, 1.82) is 0 Å². The molecule has 0 fully saturated rings. The smallest absolute Gasteiger partial charge is 0.335 e. The summed E-state index contributed by atoms with van der Waals surface area (Å²) in [6.07, 6.45) is 2.11. The van der Waals surface area contributed by atoms with Gasteiger partial charge in [0.15, 0.2) is 0 Å². The number of nitrogens with one attached hydrogen (secondary N) is 2. The highest BCUT2D eigenvalue weighted by Gasteiger charge is 2.40. The molecule has 0 unspecified atom stereocenters. The molecule has 4 nitrogen and oxygen atoms in total. The van der Waals surface area contributed by atoms with Gasteiger partial charge in [-0.1, -0.05) is 58.0 Å². The lowest BCUT2D eigenvalue weighted by Crippen LogP contribution is -2.35. The van der Waals surface area contributed by atoms with E-state index in [2.05, 4.69) is 51.5 Å². The van der Waals surface area contributed by atoms with Gasteiger partial charge < -0.3 is 5.11 Å². The fourth-order valence-corrected chi connectivity index (χ4v) is 4.91. The highest BCUT2D eigenvalue weighted by Crippen LogP contribution is 2.52. The van der Waals surface area contributed by atoms with E-state index in [4.69, 9.17) is 0 Å². The van der Waals surface area contributed by atoms with Gasteiger partial charge in [0.2, 0.25) is 0 Å². The molecule has 0 saturated heterocycles. The van der Waals surface area contributed by atoms with Crippen LogP contribution in [0.25, 0.3) is 11.1 Å². The number of fused-ring (bicyclic) bond motifs is 1. The topological polar surface area (TPSA) is 61.4 Å². The molecule has 0 saturated carbocycles. The summed E-state index contributed by atoms with van der Waals surface area (Å²) in [6.45, 7) is 11.1. The molecule has 1 aliphatic rings. The molecule has 0 heterocycles. The molecule has 3 aromatic rings. The number of halogens is 1. The summed E-state index contributed by atoms with van der Waals surface area (Å²) in [5.41, 5.74) is 13.4. The number of rotatable bonds is 5. The van der Waals surface area contributed by atoms with Crippen LogP contribution in [0, 0.1) is 12.7 Å². The van der Waals surface area contributed by atoms with E-state index in [0.717, 1.165) is 35.2 Å². The lowest BCUT2D eigenvalue weighted by atomic mass is 9.61. The third-order valence-corrected chi connectivity index (χ3v) is 6.92. The maximum atomic E-state index is 14.4. The van der Waals surface area contributed by atoms with Crippen LogP contribution in [0.2, 0.25) is 0 Å². The molecule has 3 N–H and O–H groups in total. The number of hydrogen-bond donors (Lipinski definition) is 3. The standard InChI is InChI=1S/C28H31FN2O2/c1-17-16-20-24(28(4,5)15-14-27(20,2)3)25(31-30-22-9-7-6-8-21(22)29)23(17)18-10-12-19(13-11-18)26(32)33/h6-13,16,30-31H,14-15H2,1-5H3,(H,32,33). The van der Waals surface area contributed by atoms with Crippen LogP contribution < -0.4 is 10.9 Å². The number of benzene rings is 3. The Hall–Kier alpha value is -3.34. The summed E-state index contributed by atoms with van der Waals surface area (Å²) < 4.78 is 14.4. The van der Waals surface area contributed by atoms with E-state index in [1.54, 1.807) is 30.3 Å². The van der Waals surface area contributed by atoms with Crippen molar-refractivity contribution in [3.63, 3.8) is 0 Å². The number of carboxylic acids is 1. The summed E-state index contributed by atoms with van der Waals surface area (Å²) in [6, 6.07) is 15.8. The minimum atomic E-state index is -0.953. The predicted octanol–water partition coefficient (Wildman–Crippen LogP) is 7.29. The molecule has 0 aliphatic heterocycles. The van der Waals surface area contributed by atoms with Crippen LogP contribution in [-0.4, -0.2) is 11.1 Å². The van der Waals surface area contributed by atoms with Crippen molar-refractivity contribution in [2.24, 2.45) is 0 Å². The molecule has 0 spiro atoms. The fourth-order valence-electron chi connectivity index (χ4n) is 4.91. The number of carbonyl (C=O) groups is 1. The Morgan fingerprint density at radius 2 is 1.58 bits per heavy atom. The van der Waals surface area contributed by atoms with Gasteiger partial charge in [0.1, 0.15) is 5.82 Å². The molecule has 1 aliphatic carbocycles. The molecule has 0 amide bonds. The Labute approximate surface area is 194 Å². The van der Waals surface area contributed by atoms with Gasteiger partial charge >= 0.3 is 5.97 Å². The van der Waals surface area contributed by atoms with Gasteiger partial charge in [-0.3, -0.25) is 10.9 Å². The normalized spacial score (nSPS) is 16.1. The van der Waals surface area contributed by atoms with E-state index in [9.17, 15) is 14.3 Å². The first-order valence-corrected chi connectivity index (χ1v) is 11.3. The number of aromatic carboxylic acids is 1. The van der Waals surface area contributed by atoms with Crippen LogP contribution in [0.4, 0.5) is 15.8 Å². The minimum Gasteiger partial charge on any atom is -0.478 e. The summed E-state index contributed by atoms with van der Waals surface area (Å²) in [7, 11) is 0. The average Bonchev–Trinajstić information content (AvgIpc) is 2.76. The predicted molar refractivity (Wildman–Crippen MR) is 133 cm³/mol. The molecule has 33 heavy (non-hydrogen) atoms. The second kappa shape index (κ2) is 8.22. The van der Waals surface area contributed by atoms with Gasteiger partial charge in [0, 0.05) is 5.56 Å². The van der Waals surface area contributed by atoms with E-state index in [1.165, 1.54) is 17.2 Å². The number of aryl methyl sites for hydroxylation is 1. The first-order chi connectivity index (χ1) is 15.5. The monoisotopic (exact) mass is 446 g/mol. The van der Waals surface area contributed by atoms with Crippen molar-refractivity contribution < 1.29 is 14.3 Å². The summed E-state index contributed by atoms with van der Waals surface area (Å²) in [4.78, 5) is 11.4. The van der Waals surface area contributed by atoms with Crippen molar-refractivity contribution in [3.8, 4) is 11.1 Å². The number of anilines is 2. The number of carboxylic acid groups (broad SMARTS) is 1. The lowest BCUT2D eigenvalue weighted by Gasteiger charge is -2.44. The molecule has 0 atom stereocenters. The van der Waals surface area contributed by atoms with Crippen LogP contribution in [-0.2, 0) is 10.8 Å². The summed E-state index contributed by atoms with van der Waals surface area (Å²) in [5, 5.41) is 9.32. The maximum absolute atomic E-state index is 14.4. The zero-order chi connectivity index (χ0) is 24.0. The highest BCUT2D eigenvalue weighted by atomic mass is 19.1. The highest BCUT2D eigenvalue weighted by molar-refractivity contribution is 5.90. The number of hydrazine groups is 1. The molecule has 5 heteroatoms. The Bertz CT molecular complexity index is 1210. The number of hydrogen-bond acceptors (Lipinski definition) is 3. The molecule has 172 valence electrons. The van der Waals surface area contributed by atoms with Gasteiger partial charge in [-0.25, -0.2) is 9.18 Å². The summed E-state index contributed by atoms with van der Waals surface area (Å²) >= 11 is 0. The third kappa shape index (κ3) is 4.20. The Balaban J connectivity index is 1.94. The zero-order valence-electron chi connectivity index (χ0n) is 19.8. The van der Waals surface area contributed by atoms with Crippen molar-refractivity contribution >= 4 is 17.3 Å². The van der Waals surface area contributed by atoms with Crippen molar-refractivity contribution in [3.05, 3.63) is 82.7 Å². The molecule has 0 bridgehead atoms. The molecule has 3 aromatic carbocycles. The van der Waals surface area contributed by atoms with Crippen molar-refractivity contribution in [2.45, 2.75) is 58.3 Å². The van der Waals surface area contributed by atoms with Crippen LogP contribution in [0.1, 0.15) is 67.6 Å². The second-order valence-corrected chi connectivity index (χ2v) is 10.2. The van der Waals surface area contributed by atoms with E-state index in [0.29, 0.717) is 5.69 Å². The molecule has 0 radical (unpaired) electrons. The van der Waals surface area contributed by atoms with Gasteiger partial charge in [-0.15, -0.1) is 0 Å². The Morgan fingerprint density at radius 3 is 2.21 bits per heavy atom. The van der Waals surface area contributed by atoms with Gasteiger partial charge in [0.25, 0.3) is 0 Å². The van der Waals surface area contributed by atoms with Crippen LogP contribution in [0.5, 0.6) is 0 Å². The Kier molecular flexibility index (Phi) is 5.69. The zero-order valence-corrected chi connectivity index (χ0v) is 19.8. The van der Waals surface area contributed by atoms with E-state index in [1.807, 2.05) is 12.1 Å². The molecular formula is C28H31FN2O2. The molecular weight excluding hydrogens is 415 g/mol. The average molecular weight is 447 g/mol. The van der Waals surface area contributed by atoms with Crippen LogP contribution >= 0.6 is 0 Å². The van der Waals surface area contributed by atoms with Crippen molar-refractivity contribution in [2.75, 3.05) is 10.9 Å². The van der Waals surface area contributed by atoms with Crippen molar-refractivity contribution in [1.82, 2.24) is 0 Å². The quantitative estimate of drug-likeness (QED) is 0.360. The lowest BCUT2D eigenvalue weighted by molar-refractivity contribution is 0.0697. The fraction of sp³-hybridized carbons (Fsp3) is 0.321. The van der Waals surface area contributed by atoms with Crippen LogP contribution in [0.3, 0.4) is 0 Å².